The summed E-state index contributed by atoms with van der Waals surface area (Å²) in [6.07, 6.45) is 9.90. The predicted molar refractivity (Wildman–Crippen MR) is 132 cm³/mol. The minimum atomic E-state index is 0.127. The molecule has 1 N–H and O–H groups in total. The number of methoxy groups -OCH3 is 1. The molecule has 0 unspecified atom stereocenters. The molecule has 1 aliphatic carbocycles. The van der Waals surface area contributed by atoms with Crippen molar-refractivity contribution in [2.75, 3.05) is 44.7 Å². The average molecular weight is 464 g/mol. The zero-order valence-corrected chi connectivity index (χ0v) is 20.0. The first-order chi connectivity index (χ1) is 16.6. The molecule has 2 fully saturated rings. The number of nitrogens with one attached hydrogen (secondary N) is 1. The molecule has 9 nitrogen and oxygen atoms in total. The maximum Gasteiger partial charge on any atom is 0.234 e. The Morgan fingerprint density at radius 2 is 1.88 bits per heavy atom. The van der Waals surface area contributed by atoms with Crippen LogP contribution in [-0.2, 0) is 16.6 Å². The van der Waals surface area contributed by atoms with Crippen LogP contribution in [0.15, 0.2) is 36.8 Å². The van der Waals surface area contributed by atoms with E-state index >= 15 is 0 Å². The lowest BCUT2D eigenvalue weighted by molar-refractivity contribution is -0.123. The SMILES string of the molecule is CO[C@H]1CC[C@H](NC(=O)CN2CCN(c3cncc(-c4ccc5cnn(C)c5c4)n3)CC2)CC1. The monoisotopic (exact) mass is 463 g/mol. The summed E-state index contributed by atoms with van der Waals surface area (Å²) in [6.45, 7) is 3.76. The minimum absolute atomic E-state index is 0.127. The number of aryl methyl sites for hydroxylation is 1. The normalized spacial score (nSPS) is 21.6. The van der Waals surface area contributed by atoms with Gasteiger partial charge in [0.05, 0.1) is 42.4 Å². The van der Waals surface area contributed by atoms with Crippen LogP contribution in [0.1, 0.15) is 25.7 Å². The van der Waals surface area contributed by atoms with Crippen LogP contribution in [0.3, 0.4) is 0 Å². The first-order valence-corrected chi connectivity index (χ1v) is 12.1. The van der Waals surface area contributed by atoms with Crippen LogP contribution in [-0.4, -0.2) is 82.5 Å². The van der Waals surface area contributed by atoms with E-state index in [-0.39, 0.29) is 11.9 Å². The summed E-state index contributed by atoms with van der Waals surface area (Å²) in [5.41, 5.74) is 2.95. The van der Waals surface area contributed by atoms with E-state index in [9.17, 15) is 4.79 Å². The van der Waals surface area contributed by atoms with Gasteiger partial charge in [0.2, 0.25) is 5.91 Å². The van der Waals surface area contributed by atoms with Crippen LogP contribution in [0.2, 0.25) is 0 Å². The third-order valence-corrected chi connectivity index (χ3v) is 7.10. The smallest absolute Gasteiger partial charge is 0.234 e. The molecule has 0 bridgehead atoms. The first-order valence-electron chi connectivity index (χ1n) is 12.1. The van der Waals surface area contributed by atoms with Gasteiger partial charge in [0.1, 0.15) is 5.82 Å². The lowest BCUT2D eigenvalue weighted by atomic mass is 9.93. The van der Waals surface area contributed by atoms with Crippen LogP contribution >= 0.6 is 0 Å². The highest BCUT2D eigenvalue weighted by atomic mass is 16.5. The summed E-state index contributed by atoms with van der Waals surface area (Å²) in [5.74, 6) is 1.00. The highest BCUT2D eigenvalue weighted by Crippen LogP contribution is 2.24. The van der Waals surface area contributed by atoms with Gasteiger partial charge in [-0.15, -0.1) is 0 Å². The molecule has 1 aliphatic heterocycles. The van der Waals surface area contributed by atoms with Crippen molar-refractivity contribution >= 4 is 22.6 Å². The Bertz CT molecular complexity index is 1130. The quantitative estimate of drug-likeness (QED) is 0.600. The van der Waals surface area contributed by atoms with E-state index in [1.807, 2.05) is 30.3 Å². The highest BCUT2D eigenvalue weighted by molar-refractivity contribution is 5.83. The van der Waals surface area contributed by atoms with E-state index in [4.69, 9.17) is 9.72 Å². The van der Waals surface area contributed by atoms with E-state index in [1.54, 1.807) is 7.11 Å². The molecule has 3 heterocycles. The van der Waals surface area contributed by atoms with Gasteiger partial charge < -0.3 is 15.0 Å². The van der Waals surface area contributed by atoms with Crippen LogP contribution in [0, 0.1) is 0 Å². The molecule has 1 saturated carbocycles. The van der Waals surface area contributed by atoms with Crippen molar-refractivity contribution < 1.29 is 9.53 Å². The number of piperazine rings is 1. The topological polar surface area (TPSA) is 88.4 Å². The van der Waals surface area contributed by atoms with Crippen molar-refractivity contribution in [3.05, 3.63) is 36.8 Å². The third-order valence-electron chi connectivity index (χ3n) is 7.10. The molecule has 3 aromatic rings. The molecule has 0 radical (unpaired) electrons. The fraction of sp³-hybridized carbons (Fsp3) is 0.520. The Morgan fingerprint density at radius 3 is 2.65 bits per heavy atom. The Kier molecular flexibility index (Phi) is 6.73. The number of fused-ring (bicyclic) bond motifs is 1. The molecule has 9 heteroatoms. The number of hydrogen-bond acceptors (Lipinski definition) is 7. The van der Waals surface area contributed by atoms with Crippen molar-refractivity contribution in [2.45, 2.75) is 37.8 Å². The lowest BCUT2D eigenvalue weighted by Gasteiger charge is -2.35. The van der Waals surface area contributed by atoms with Gasteiger partial charge in [0, 0.05) is 57.3 Å². The van der Waals surface area contributed by atoms with Crippen molar-refractivity contribution in [3.8, 4) is 11.3 Å². The maximum atomic E-state index is 12.6. The summed E-state index contributed by atoms with van der Waals surface area (Å²) in [7, 11) is 3.71. The van der Waals surface area contributed by atoms with Crippen LogP contribution in [0.25, 0.3) is 22.2 Å². The van der Waals surface area contributed by atoms with E-state index in [0.29, 0.717) is 12.6 Å². The molecule has 34 heavy (non-hydrogen) atoms. The molecule has 0 spiro atoms. The fourth-order valence-corrected chi connectivity index (χ4v) is 5.00. The molecule has 1 aromatic carbocycles. The van der Waals surface area contributed by atoms with Gasteiger partial charge in [-0.05, 0) is 31.7 Å². The van der Waals surface area contributed by atoms with Crippen molar-refractivity contribution in [2.24, 2.45) is 7.05 Å². The predicted octanol–water partition coefficient (Wildman–Crippen LogP) is 2.23. The average Bonchev–Trinajstić information content (AvgIpc) is 3.25. The molecule has 2 aliphatic rings. The van der Waals surface area contributed by atoms with Gasteiger partial charge in [0.15, 0.2) is 0 Å². The maximum absolute atomic E-state index is 12.6. The second-order valence-corrected chi connectivity index (χ2v) is 9.34. The second-order valence-electron chi connectivity index (χ2n) is 9.34. The summed E-state index contributed by atoms with van der Waals surface area (Å²) in [5, 5.41) is 8.65. The molecule has 0 atom stereocenters. The van der Waals surface area contributed by atoms with Gasteiger partial charge >= 0.3 is 0 Å². The summed E-state index contributed by atoms with van der Waals surface area (Å²) in [4.78, 5) is 26.4. The molecule has 5 rings (SSSR count). The number of amides is 1. The zero-order valence-electron chi connectivity index (χ0n) is 20.0. The number of aromatic nitrogens is 4. The van der Waals surface area contributed by atoms with Crippen molar-refractivity contribution in [1.29, 1.82) is 0 Å². The van der Waals surface area contributed by atoms with E-state index < -0.39 is 0 Å². The van der Waals surface area contributed by atoms with Crippen LogP contribution in [0.5, 0.6) is 0 Å². The van der Waals surface area contributed by atoms with Crippen molar-refractivity contribution in [3.63, 3.8) is 0 Å². The van der Waals surface area contributed by atoms with Crippen molar-refractivity contribution in [1.82, 2.24) is 30.0 Å². The number of ether oxygens (including phenoxy) is 1. The number of rotatable bonds is 6. The Balaban J connectivity index is 1.15. The van der Waals surface area contributed by atoms with E-state index in [2.05, 4.69) is 43.4 Å². The number of anilines is 1. The number of hydrogen-bond donors (Lipinski definition) is 1. The second kappa shape index (κ2) is 10.1. The number of nitrogens with zero attached hydrogens (tertiary/aromatic N) is 6. The number of carbonyl (C=O) groups excluding carboxylic acids is 1. The van der Waals surface area contributed by atoms with Crippen LogP contribution < -0.4 is 10.2 Å². The first kappa shape index (κ1) is 22.7. The lowest BCUT2D eigenvalue weighted by Crippen LogP contribution is -2.51. The molecule has 1 saturated heterocycles. The molecule has 1 amide bonds. The summed E-state index contributed by atoms with van der Waals surface area (Å²) < 4.78 is 7.30. The van der Waals surface area contributed by atoms with Gasteiger partial charge in [-0.3, -0.25) is 19.4 Å². The van der Waals surface area contributed by atoms with E-state index in [0.717, 1.165) is 79.8 Å². The fourth-order valence-electron chi connectivity index (χ4n) is 5.00. The Hall–Kier alpha value is -3.04. The largest absolute Gasteiger partial charge is 0.381 e. The Morgan fingerprint density at radius 1 is 1.09 bits per heavy atom. The Labute approximate surface area is 200 Å². The number of benzene rings is 1. The zero-order chi connectivity index (χ0) is 23.5. The number of carbonyl (C=O) groups is 1. The van der Waals surface area contributed by atoms with E-state index in [1.165, 1.54) is 0 Å². The summed E-state index contributed by atoms with van der Waals surface area (Å²) in [6, 6.07) is 6.52. The van der Waals surface area contributed by atoms with Gasteiger partial charge in [0.25, 0.3) is 0 Å². The molecule has 2 aromatic heterocycles. The molecular formula is C25H33N7O2. The minimum Gasteiger partial charge on any atom is -0.381 e. The molecular weight excluding hydrogens is 430 g/mol. The highest BCUT2D eigenvalue weighted by Gasteiger charge is 2.24. The third kappa shape index (κ3) is 5.05. The van der Waals surface area contributed by atoms with Crippen LogP contribution in [0.4, 0.5) is 5.82 Å². The molecule has 180 valence electrons. The van der Waals surface area contributed by atoms with Gasteiger partial charge in [-0.2, -0.15) is 5.10 Å². The standard InChI is InChI=1S/C25H33N7O2/c1-30-23-13-18(3-4-19(23)14-27-30)22-15-26-16-24(29-22)32-11-9-31(10-12-32)17-25(33)28-20-5-7-21(34-2)8-6-20/h3-4,13-16,20-21H,5-12,17H2,1-2H3,(H,28,33)/t20-,21-. The van der Waals surface area contributed by atoms with Gasteiger partial charge in [-0.1, -0.05) is 12.1 Å². The summed E-state index contributed by atoms with van der Waals surface area (Å²) >= 11 is 0. The van der Waals surface area contributed by atoms with Gasteiger partial charge in [-0.25, -0.2) is 4.98 Å².